The molecule has 198 valence electrons. The second-order valence-corrected chi connectivity index (χ2v) is 8.94. The number of rotatable bonds is 9. The molecule has 0 atom stereocenters. The van der Waals surface area contributed by atoms with Crippen LogP contribution in [0.15, 0.2) is 92.2 Å². The highest BCUT2D eigenvalue weighted by atomic mass is 14.9. The summed E-state index contributed by atoms with van der Waals surface area (Å²) in [4.78, 5) is 21.7. The number of benzene rings is 1. The van der Waals surface area contributed by atoms with Crippen molar-refractivity contribution in [2.24, 2.45) is 0 Å². The highest BCUT2D eigenvalue weighted by Crippen LogP contribution is 2.31. The van der Waals surface area contributed by atoms with Gasteiger partial charge in [0, 0.05) is 46.6 Å². The molecule has 4 heterocycles. The molecule has 39 heavy (non-hydrogen) atoms. The normalized spacial score (nSPS) is 10.5. The summed E-state index contributed by atoms with van der Waals surface area (Å²) >= 11 is 0. The number of aromatic nitrogens is 5. The minimum absolute atomic E-state index is 0.525. The number of pyridine rings is 3. The van der Waals surface area contributed by atoms with Crippen LogP contribution in [0.25, 0.3) is 39.0 Å². The number of unbranched alkanes of at least 4 members (excludes halogenated alkanes) is 1. The number of nitrogens with two attached hydrogens (primary N) is 1. The number of nitrogens with one attached hydrogen (secondary N) is 2. The molecule has 0 bridgehead atoms. The lowest BCUT2D eigenvalue weighted by molar-refractivity contribution is 0.791. The predicted molar refractivity (Wildman–Crippen MR) is 163 cm³/mol. The van der Waals surface area contributed by atoms with Crippen LogP contribution in [-0.4, -0.2) is 24.9 Å². The molecular weight excluding hydrogens is 482 g/mol. The van der Waals surface area contributed by atoms with Crippen LogP contribution >= 0.6 is 0 Å². The summed E-state index contributed by atoms with van der Waals surface area (Å²) in [5, 5.41) is 3.35. The summed E-state index contributed by atoms with van der Waals surface area (Å²) in [6, 6.07) is 15.7. The molecule has 7 nitrogen and oxygen atoms in total. The fourth-order valence-corrected chi connectivity index (χ4v) is 4.22. The van der Waals surface area contributed by atoms with Gasteiger partial charge in [-0.1, -0.05) is 58.5 Å². The van der Waals surface area contributed by atoms with Crippen LogP contribution in [0.3, 0.4) is 0 Å². The molecule has 7 heteroatoms. The van der Waals surface area contributed by atoms with Crippen LogP contribution in [0.5, 0.6) is 0 Å². The van der Waals surface area contributed by atoms with Gasteiger partial charge in [0.05, 0.1) is 40.0 Å². The lowest BCUT2D eigenvalue weighted by atomic mass is 10.1. The van der Waals surface area contributed by atoms with Gasteiger partial charge in [-0.15, -0.1) is 0 Å². The van der Waals surface area contributed by atoms with Crippen molar-refractivity contribution in [1.82, 2.24) is 24.9 Å². The molecule has 0 aliphatic carbocycles. The number of H-pyrrole nitrogens is 1. The van der Waals surface area contributed by atoms with Gasteiger partial charge in [0.2, 0.25) is 0 Å². The lowest BCUT2D eigenvalue weighted by Crippen LogP contribution is -2.02. The van der Waals surface area contributed by atoms with E-state index in [9.17, 15) is 0 Å². The standard InChI is InChI=1S/C30H29N7.C2H6/c1-4-5-8-19(2)34-23-15-22(17-33-18-23)26-13-12-25(31)28(35-26)20(3)30-36-27-11-6-10-24(29(27)37-30)21-9-7-14-32-16-21;1-2/h6-7,9-18,34H,2-5,8,31H2,1H3,(H,36,37);1-2H3. The van der Waals surface area contributed by atoms with Crippen molar-refractivity contribution in [2.45, 2.75) is 40.0 Å². The monoisotopic (exact) mass is 517 g/mol. The molecule has 0 aliphatic heterocycles. The molecule has 4 aromatic heterocycles. The van der Waals surface area contributed by atoms with Gasteiger partial charge in [0.25, 0.3) is 0 Å². The van der Waals surface area contributed by atoms with Crippen LogP contribution in [0, 0.1) is 0 Å². The Bertz CT molecular complexity index is 1590. The molecular formula is C32H35N7. The van der Waals surface area contributed by atoms with Crippen LogP contribution in [0.2, 0.25) is 0 Å². The van der Waals surface area contributed by atoms with Crippen molar-refractivity contribution in [1.29, 1.82) is 0 Å². The Balaban J connectivity index is 0.00000172. The van der Waals surface area contributed by atoms with Gasteiger partial charge in [-0.3, -0.25) is 9.97 Å². The first-order chi connectivity index (χ1) is 19.0. The fraction of sp³-hybridized carbons (Fsp3) is 0.188. The minimum atomic E-state index is 0.525. The first-order valence-electron chi connectivity index (χ1n) is 13.3. The summed E-state index contributed by atoms with van der Waals surface area (Å²) in [7, 11) is 0. The van der Waals surface area contributed by atoms with E-state index in [0.717, 1.165) is 64.1 Å². The Morgan fingerprint density at radius 3 is 2.54 bits per heavy atom. The molecule has 0 aliphatic rings. The number of hydrogen-bond donors (Lipinski definition) is 3. The highest BCUT2D eigenvalue weighted by molar-refractivity contribution is 5.94. The van der Waals surface area contributed by atoms with Gasteiger partial charge >= 0.3 is 0 Å². The van der Waals surface area contributed by atoms with Crippen molar-refractivity contribution in [3.63, 3.8) is 0 Å². The number of aromatic amines is 1. The number of imidazole rings is 1. The lowest BCUT2D eigenvalue weighted by Gasteiger charge is -2.12. The van der Waals surface area contributed by atoms with Crippen LogP contribution in [-0.2, 0) is 0 Å². The van der Waals surface area contributed by atoms with E-state index in [0.29, 0.717) is 22.8 Å². The first kappa shape index (κ1) is 27.3. The van der Waals surface area contributed by atoms with E-state index in [1.165, 1.54) is 0 Å². The Labute approximate surface area is 230 Å². The number of nitrogen functional groups attached to an aromatic ring is 1. The third-order valence-corrected chi connectivity index (χ3v) is 6.17. The number of hydrogen-bond acceptors (Lipinski definition) is 6. The Morgan fingerprint density at radius 2 is 1.77 bits per heavy atom. The summed E-state index contributed by atoms with van der Waals surface area (Å²) < 4.78 is 0. The van der Waals surface area contributed by atoms with Crippen molar-refractivity contribution < 1.29 is 0 Å². The third kappa shape index (κ3) is 6.21. The zero-order chi connectivity index (χ0) is 27.8. The number of anilines is 2. The number of para-hydroxylation sites is 1. The van der Waals surface area contributed by atoms with Gasteiger partial charge in [0.15, 0.2) is 0 Å². The first-order valence-corrected chi connectivity index (χ1v) is 13.3. The molecule has 0 fully saturated rings. The smallest absolute Gasteiger partial charge is 0.140 e. The molecule has 1 aromatic carbocycles. The SMILES string of the molecule is C=C(CCCC)Nc1cncc(-c2ccc(N)c(C(=C)c3nc4c(-c5cccnc5)cccc4[nH]3)n2)c1.CC. The second-order valence-electron chi connectivity index (χ2n) is 8.94. The van der Waals surface area contributed by atoms with Gasteiger partial charge in [-0.05, 0) is 43.2 Å². The molecule has 0 amide bonds. The molecule has 5 aromatic rings. The average molecular weight is 518 g/mol. The van der Waals surface area contributed by atoms with Crippen LogP contribution in [0.1, 0.15) is 51.6 Å². The average Bonchev–Trinajstić information content (AvgIpc) is 3.42. The largest absolute Gasteiger partial charge is 0.397 e. The van der Waals surface area contributed by atoms with E-state index in [4.69, 9.17) is 15.7 Å². The maximum atomic E-state index is 6.35. The Morgan fingerprint density at radius 1 is 0.949 bits per heavy atom. The summed E-state index contributed by atoms with van der Waals surface area (Å²) in [5.74, 6) is 0.614. The molecule has 0 spiro atoms. The van der Waals surface area contributed by atoms with E-state index >= 15 is 0 Å². The fourth-order valence-electron chi connectivity index (χ4n) is 4.22. The third-order valence-electron chi connectivity index (χ3n) is 6.17. The summed E-state index contributed by atoms with van der Waals surface area (Å²) in [6.07, 6.45) is 10.3. The van der Waals surface area contributed by atoms with Crippen molar-refractivity contribution in [3.8, 4) is 22.4 Å². The zero-order valence-corrected chi connectivity index (χ0v) is 22.8. The van der Waals surface area contributed by atoms with Gasteiger partial charge in [0.1, 0.15) is 5.82 Å². The minimum Gasteiger partial charge on any atom is -0.397 e. The van der Waals surface area contributed by atoms with E-state index in [1.54, 1.807) is 18.6 Å². The van der Waals surface area contributed by atoms with Crippen LogP contribution < -0.4 is 11.1 Å². The number of nitrogens with zero attached hydrogens (tertiary/aromatic N) is 4. The van der Waals surface area contributed by atoms with Crippen molar-refractivity contribution in [2.75, 3.05) is 11.1 Å². The summed E-state index contributed by atoms with van der Waals surface area (Å²) in [6.45, 7) is 14.6. The van der Waals surface area contributed by atoms with Crippen molar-refractivity contribution >= 4 is 28.0 Å². The molecule has 5 rings (SSSR count). The molecule has 0 saturated heterocycles. The van der Waals surface area contributed by atoms with Gasteiger partial charge < -0.3 is 16.0 Å². The highest BCUT2D eigenvalue weighted by Gasteiger charge is 2.16. The van der Waals surface area contributed by atoms with E-state index in [-0.39, 0.29) is 0 Å². The predicted octanol–water partition coefficient (Wildman–Crippen LogP) is 7.87. The van der Waals surface area contributed by atoms with Crippen LogP contribution in [0.4, 0.5) is 11.4 Å². The maximum absolute atomic E-state index is 6.35. The molecule has 0 unspecified atom stereocenters. The second kappa shape index (κ2) is 12.6. The molecule has 0 saturated carbocycles. The van der Waals surface area contributed by atoms with Gasteiger partial charge in [-0.2, -0.15) is 0 Å². The van der Waals surface area contributed by atoms with Crippen molar-refractivity contribution in [3.05, 3.63) is 104 Å². The van der Waals surface area contributed by atoms with E-state index in [1.807, 2.05) is 68.6 Å². The van der Waals surface area contributed by atoms with E-state index in [2.05, 4.69) is 40.4 Å². The summed E-state index contributed by atoms with van der Waals surface area (Å²) in [5.41, 5.74) is 15.2. The van der Waals surface area contributed by atoms with E-state index < -0.39 is 0 Å². The number of allylic oxidation sites excluding steroid dienone is 1. The molecule has 4 N–H and O–H groups in total. The quantitative estimate of drug-likeness (QED) is 0.184. The Hall–Kier alpha value is -4.78. The van der Waals surface area contributed by atoms with Gasteiger partial charge in [-0.25, -0.2) is 9.97 Å². The molecule has 0 radical (unpaired) electrons. The Kier molecular flexibility index (Phi) is 8.84. The maximum Gasteiger partial charge on any atom is 0.140 e. The zero-order valence-electron chi connectivity index (χ0n) is 22.8. The number of fused-ring (bicyclic) bond motifs is 1. The topological polar surface area (TPSA) is 105 Å².